The van der Waals surface area contributed by atoms with Gasteiger partial charge in [0.1, 0.15) is 0 Å². The third kappa shape index (κ3) is 2.69. The minimum atomic E-state index is -0.266. The molecule has 1 N–H and O–H groups in total. The molecule has 3 nitrogen and oxygen atoms in total. The first kappa shape index (κ1) is 10.4. The lowest BCUT2D eigenvalue weighted by Crippen LogP contribution is -2.29. The van der Waals surface area contributed by atoms with Crippen LogP contribution in [0.2, 0.25) is 0 Å². The van der Waals surface area contributed by atoms with Crippen LogP contribution in [0.3, 0.4) is 0 Å². The van der Waals surface area contributed by atoms with Gasteiger partial charge in [-0.25, -0.2) is 0 Å². The molecule has 2 aliphatic rings. The zero-order valence-corrected chi connectivity index (χ0v) is 8.98. The minimum Gasteiger partial charge on any atom is -0.389 e. The molecule has 0 amide bonds. The molecular weight excluding hydrogens is 178 g/mol. The van der Waals surface area contributed by atoms with E-state index in [0.717, 1.165) is 18.4 Å². The van der Waals surface area contributed by atoms with Crippen LogP contribution in [0.5, 0.6) is 0 Å². The first-order chi connectivity index (χ1) is 6.74. The lowest BCUT2D eigenvalue weighted by molar-refractivity contribution is -0.121. The zero-order valence-electron chi connectivity index (χ0n) is 8.98. The summed E-state index contributed by atoms with van der Waals surface area (Å²) < 4.78 is 0. The summed E-state index contributed by atoms with van der Waals surface area (Å²) in [5.74, 6) is 1.70. The van der Waals surface area contributed by atoms with Gasteiger partial charge in [0.25, 0.3) is 0 Å². The van der Waals surface area contributed by atoms with Crippen molar-refractivity contribution in [1.82, 2.24) is 5.06 Å². The summed E-state index contributed by atoms with van der Waals surface area (Å²) in [6.45, 7) is 4.55. The Bertz CT molecular complexity index is 178. The van der Waals surface area contributed by atoms with Crippen LogP contribution in [0.25, 0.3) is 0 Å². The molecule has 82 valence electrons. The molecule has 1 aliphatic heterocycles. The molecule has 2 fully saturated rings. The average molecular weight is 199 g/mol. The Labute approximate surface area is 86.0 Å². The molecule has 1 unspecified atom stereocenters. The van der Waals surface area contributed by atoms with Gasteiger partial charge in [-0.05, 0) is 24.7 Å². The second-order valence-electron chi connectivity index (χ2n) is 4.92. The number of aliphatic hydroxyl groups is 1. The van der Waals surface area contributed by atoms with Crippen LogP contribution in [-0.2, 0) is 4.84 Å². The van der Waals surface area contributed by atoms with E-state index in [1.54, 1.807) is 0 Å². The highest BCUT2D eigenvalue weighted by molar-refractivity contribution is 4.74. The van der Waals surface area contributed by atoms with Crippen molar-refractivity contribution >= 4 is 0 Å². The van der Waals surface area contributed by atoms with Gasteiger partial charge in [0.2, 0.25) is 0 Å². The van der Waals surface area contributed by atoms with Crippen molar-refractivity contribution in [3.8, 4) is 0 Å². The summed E-state index contributed by atoms with van der Waals surface area (Å²) in [7, 11) is 0. The van der Waals surface area contributed by atoms with Gasteiger partial charge in [-0.15, -0.1) is 0 Å². The summed E-state index contributed by atoms with van der Waals surface area (Å²) >= 11 is 0. The fourth-order valence-corrected chi connectivity index (χ4v) is 2.46. The van der Waals surface area contributed by atoms with Gasteiger partial charge in [-0.2, -0.15) is 5.06 Å². The van der Waals surface area contributed by atoms with Crippen molar-refractivity contribution in [3.63, 3.8) is 0 Å². The third-order valence-corrected chi connectivity index (χ3v) is 3.46. The Hall–Kier alpha value is -0.120. The molecule has 0 spiro atoms. The molecule has 1 atom stereocenters. The molecule has 0 aromatic carbocycles. The maximum atomic E-state index is 9.30. The number of hydrogen-bond donors (Lipinski definition) is 1. The highest BCUT2D eigenvalue weighted by atomic mass is 16.7. The van der Waals surface area contributed by atoms with Gasteiger partial charge < -0.3 is 5.11 Å². The first-order valence-corrected chi connectivity index (χ1v) is 5.80. The summed E-state index contributed by atoms with van der Waals surface area (Å²) in [5, 5.41) is 11.3. The smallest absolute Gasteiger partial charge is 0.0958 e. The van der Waals surface area contributed by atoms with Crippen molar-refractivity contribution in [2.24, 2.45) is 11.8 Å². The number of hydrogen-bond acceptors (Lipinski definition) is 3. The predicted molar refractivity (Wildman–Crippen MR) is 54.7 cm³/mol. The Morgan fingerprint density at radius 1 is 1.29 bits per heavy atom. The van der Waals surface area contributed by atoms with E-state index >= 15 is 0 Å². The van der Waals surface area contributed by atoms with Crippen LogP contribution in [-0.4, -0.2) is 36.0 Å². The van der Waals surface area contributed by atoms with E-state index in [4.69, 9.17) is 4.84 Å². The Morgan fingerprint density at radius 2 is 2.00 bits per heavy atom. The Kier molecular flexibility index (Phi) is 3.42. The molecule has 1 saturated heterocycles. The molecule has 3 heteroatoms. The van der Waals surface area contributed by atoms with Gasteiger partial charge in [0.15, 0.2) is 0 Å². The number of aliphatic hydroxyl groups excluding tert-OH is 1. The fraction of sp³-hybridized carbons (Fsp3) is 1.00. The van der Waals surface area contributed by atoms with Gasteiger partial charge in [0.05, 0.1) is 19.3 Å². The molecule has 0 aromatic heterocycles. The van der Waals surface area contributed by atoms with E-state index in [0.29, 0.717) is 13.2 Å². The second kappa shape index (κ2) is 4.60. The third-order valence-electron chi connectivity index (χ3n) is 3.46. The fourth-order valence-electron chi connectivity index (χ4n) is 2.46. The number of hydroxylamine groups is 2. The zero-order chi connectivity index (χ0) is 9.97. The van der Waals surface area contributed by atoms with Gasteiger partial charge in [-0.3, -0.25) is 4.84 Å². The maximum absolute atomic E-state index is 9.30. The van der Waals surface area contributed by atoms with Crippen molar-refractivity contribution in [2.45, 2.75) is 38.7 Å². The Morgan fingerprint density at radius 3 is 2.57 bits per heavy atom. The molecule has 0 aromatic rings. The van der Waals surface area contributed by atoms with E-state index in [9.17, 15) is 5.11 Å². The van der Waals surface area contributed by atoms with E-state index in [1.165, 1.54) is 25.7 Å². The summed E-state index contributed by atoms with van der Waals surface area (Å²) in [6, 6.07) is 0. The van der Waals surface area contributed by atoms with Gasteiger partial charge >= 0.3 is 0 Å². The van der Waals surface area contributed by atoms with Gasteiger partial charge in [0, 0.05) is 6.54 Å². The lowest BCUT2D eigenvalue weighted by Gasteiger charge is -2.28. The van der Waals surface area contributed by atoms with Crippen molar-refractivity contribution in [3.05, 3.63) is 0 Å². The van der Waals surface area contributed by atoms with E-state index in [1.807, 2.05) is 5.06 Å². The molecule has 0 radical (unpaired) electrons. The largest absolute Gasteiger partial charge is 0.389 e. The highest BCUT2D eigenvalue weighted by Crippen LogP contribution is 2.29. The van der Waals surface area contributed by atoms with E-state index in [-0.39, 0.29) is 6.10 Å². The lowest BCUT2D eigenvalue weighted by atomic mass is 9.83. The molecule has 1 saturated carbocycles. The monoisotopic (exact) mass is 199 g/mol. The second-order valence-corrected chi connectivity index (χ2v) is 4.92. The first-order valence-electron chi connectivity index (χ1n) is 5.80. The summed E-state index contributed by atoms with van der Waals surface area (Å²) in [6.07, 6.45) is 5.12. The van der Waals surface area contributed by atoms with Crippen molar-refractivity contribution in [1.29, 1.82) is 0 Å². The van der Waals surface area contributed by atoms with Crippen LogP contribution in [0.1, 0.15) is 32.6 Å². The summed E-state index contributed by atoms with van der Waals surface area (Å²) in [5.41, 5.74) is 0. The highest BCUT2D eigenvalue weighted by Gasteiger charge is 2.26. The standard InChI is InChI=1S/C11H21NO2/c1-9-2-4-10(5-3-9)6-12-7-11(13)8-14-12/h9-11,13H,2-8H2,1H3. The number of β-amino-alcohol motifs (C(OH)–C–C–N with tert-alkyl or cyclic N) is 1. The van der Waals surface area contributed by atoms with Crippen LogP contribution in [0.4, 0.5) is 0 Å². The van der Waals surface area contributed by atoms with Gasteiger partial charge in [-0.1, -0.05) is 19.8 Å². The van der Waals surface area contributed by atoms with Crippen molar-refractivity contribution in [2.75, 3.05) is 19.7 Å². The minimum absolute atomic E-state index is 0.266. The molecular formula is C11H21NO2. The summed E-state index contributed by atoms with van der Waals surface area (Å²) in [4.78, 5) is 5.38. The maximum Gasteiger partial charge on any atom is 0.0958 e. The number of nitrogens with zero attached hydrogens (tertiary/aromatic N) is 1. The topological polar surface area (TPSA) is 32.7 Å². The van der Waals surface area contributed by atoms with Crippen LogP contribution < -0.4 is 0 Å². The molecule has 14 heavy (non-hydrogen) atoms. The van der Waals surface area contributed by atoms with Crippen LogP contribution in [0.15, 0.2) is 0 Å². The SMILES string of the molecule is CC1CCC(CN2CC(O)CO2)CC1. The quantitative estimate of drug-likeness (QED) is 0.730. The van der Waals surface area contributed by atoms with E-state index < -0.39 is 0 Å². The molecule has 2 rings (SSSR count). The molecule has 1 heterocycles. The number of rotatable bonds is 2. The normalized spacial score (nSPS) is 40.3. The van der Waals surface area contributed by atoms with Crippen LogP contribution >= 0.6 is 0 Å². The van der Waals surface area contributed by atoms with Crippen molar-refractivity contribution < 1.29 is 9.94 Å². The van der Waals surface area contributed by atoms with Crippen LogP contribution in [0, 0.1) is 11.8 Å². The van der Waals surface area contributed by atoms with E-state index in [2.05, 4.69) is 6.92 Å². The predicted octanol–water partition coefficient (Wildman–Crippen LogP) is 1.42. The molecule has 0 bridgehead atoms. The Balaban J connectivity index is 1.70. The average Bonchev–Trinajstić information content (AvgIpc) is 2.56. The molecule has 1 aliphatic carbocycles.